The predicted molar refractivity (Wildman–Crippen MR) is 70.1 cm³/mol. The Balaban J connectivity index is 2.33. The summed E-state index contributed by atoms with van der Waals surface area (Å²) in [4.78, 5) is 0. The maximum absolute atomic E-state index is 5.35. The number of nitrogens with one attached hydrogen (secondary N) is 2. The molecule has 2 N–H and O–H groups in total. The van der Waals surface area contributed by atoms with Crippen molar-refractivity contribution in [2.45, 2.75) is 70.9 Å². The third-order valence-electron chi connectivity index (χ3n) is 3.67. The van der Waals surface area contributed by atoms with Crippen LogP contribution < -0.4 is 10.6 Å². The van der Waals surface area contributed by atoms with Gasteiger partial charge in [0.1, 0.15) is 0 Å². The molecule has 0 aromatic heterocycles. The zero-order chi connectivity index (χ0) is 11.3. The van der Waals surface area contributed by atoms with E-state index in [0.29, 0.717) is 6.04 Å². The minimum atomic E-state index is 0.155. The monoisotopic (exact) mass is 228 g/mol. The summed E-state index contributed by atoms with van der Waals surface area (Å²) in [5, 5.41) is 7.70. The van der Waals surface area contributed by atoms with Crippen LogP contribution in [0.1, 0.15) is 59.3 Å². The second-order valence-electron chi connectivity index (χ2n) is 4.85. The van der Waals surface area contributed by atoms with Crippen LogP contribution >= 0.6 is 12.2 Å². The molecule has 0 heterocycles. The van der Waals surface area contributed by atoms with Crippen molar-refractivity contribution in [3.8, 4) is 0 Å². The van der Waals surface area contributed by atoms with Gasteiger partial charge in [0, 0.05) is 11.6 Å². The summed E-state index contributed by atoms with van der Waals surface area (Å²) in [5.41, 5.74) is 0.155. The molecule has 0 aromatic rings. The van der Waals surface area contributed by atoms with Crippen LogP contribution in [0.3, 0.4) is 0 Å². The molecule has 88 valence electrons. The normalized spacial score (nSPS) is 17.8. The van der Waals surface area contributed by atoms with Crippen LogP contribution in [-0.2, 0) is 0 Å². The first-order valence-corrected chi connectivity index (χ1v) is 6.59. The fraction of sp³-hybridized carbons (Fsp3) is 0.917. The van der Waals surface area contributed by atoms with E-state index in [1.807, 2.05) is 0 Å². The molecule has 0 saturated heterocycles. The van der Waals surface area contributed by atoms with Crippen LogP contribution in [0, 0.1) is 0 Å². The van der Waals surface area contributed by atoms with E-state index in [0.717, 1.165) is 18.0 Å². The Morgan fingerprint density at radius 3 is 2.27 bits per heavy atom. The summed E-state index contributed by atoms with van der Waals surface area (Å²) in [6, 6.07) is 0.614. The molecule has 15 heavy (non-hydrogen) atoms. The summed E-state index contributed by atoms with van der Waals surface area (Å²) < 4.78 is 0. The molecular formula is C12H24N2S. The van der Waals surface area contributed by atoms with Gasteiger partial charge in [0.25, 0.3) is 0 Å². The first-order chi connectivity index (χ1) is 7.09. The van der Waals surface area contributed by atoms with E-state index in [-0.39, 0.29) is 5.54 Å². The molecule has 0 aliphatic heterocycles. The first kappa shape index (κ1) is 12.8. The van der Waals surface area contributed by atoms with Crippen molar-refractivity contribution in [1.82, 2.24) is 10.6 Å². The topological polar surface area (TPSA) is 24.1 Å². The molecule has 1 aliphatic carbocycles. The Hall–Kier alpha value is -0.310. The van der Waals surface area contributed by atoms with Gasteiger partial charge in [-0.25, -0.2) is 0 Å². The molecule has 3 heteroatoms. The zero-order valence-electron chi connectivity index (χ0n) is 10.2. The van der Waals surface area contributed by atoms with Crippen molar-refractivity contribution in [2.75, 3.05) is 0 Å². The Labute approximate surface area is 99.2 Å². The van der Waals surface area contributed by atoms with Crippen LogP contribution in [0.5, 0.6) is 0 Å². The molecule has 0 bridgehead atoms. The summed E-state index contributed by atoms with van der Waals surface area (Å²) in [6.07, 6.45) is 7.46. The summed E-state index contributed by atoms with van der Waals surface area (Å²) >= 11 is 5.35. The third-order valence-corrected chi connectivity index (χ3v) is 3.89. The molecule has 0 aromatic carbocycles. The van der Waals surface area contributed by atoms with Gasteiger partial charge in [-0.1, -0.05) is 26.7 Å². The van der Waals surface area contributed by atoms with Crippen molar-refractivity contribution >= 4 is 17.3 Å². The minimum absolute atomic E-state index is 0.155. The van der Waals surface area contributed by atoms with Crippen molar-refractivity contribution in [3.63, 3.8) is 0 Å². The summed E-state index contributed by atoms with van der Waals surface area (Å²) in [6.45, 7) is 6.64. The highest BCUT2D eigenvalue weighted by Gasteiger charge is 2.22. The zero-order valence-corrected chi connectivity index (χ0v) is 11.0. The van der Waals surface area contributed by atoms with Gasteiger partial charge >= 0.3 is 0 Å². The van der Waals surface area contributed by atoms with Gasteiger partial charge in [-0.05, 0) is 44.8 Å². The lowest BCUT2D eigenvalue weighted by Crippen LogP contribution is -2.51. The standard InChI is InChI=1S/C12H24N2S/c1-4-12(3,5-2)14-11(15)13-10-8-6-7-9-10/h10H,4-9H2,1-3H3,(H2,13,14,15). The Morgan fingerprint density at radius 2 is 1.80 bits per heavy atom. The number of hydrogen-bond donors (Lipinski definition) is 2. The molecule has 2 nitrogen and oxygen atoms in total. The predicted octanol–water partition coefficient (Wildman–Crippen LogP) is 2.97. The third kappa shape index (κ3) is 3.98. The van der Waals surface area contributed by atoms with E-state index >= 15 is 0 Å². The van der Waals surface area contributed by atoms with Gasteiger partial charge in [-0.3, -0.25) is 0 Å². The maximum Gasteiger partial charge on any atom is 0.166 e. The first-order valence-electron chi connectivity index (χ1n) is 6.18. The van der Waals surface area contributed by atoms with Gasteiger partial charge in [0.05, 0.1) is 0 Å². The Kier molecular flexibility index (Phi) is 4.84. The van der Waals surface area contributed by atoms with Crippen molar-refractivity contribution < 1.29 is 0 Å². The average molecular weight is 228 g/mol. The Morgan fingerprint density at radius 1 is 1.27 bits per heavy atom. The minimum Gasteiger partial charge on any atom is -0.360 e. The van der Waals surface area contributed by atoms with E-state index in [1.165, 1.54) is 25.7 Å². The van der Waals surface area contributed by atoms with Crippen LogP contribution in [0.4, 0.5) is 0 Å². The molecule has 0 radical (unpaired) electrons. The van der Waals surface area contributed by atoms with Crippen LogP contribution in [0.2, 0.25) is 0 Å². The second-order valence-corrected chi connectivity index (χ2v) is 5.26. The fourth-order valence-corrected chi connectivity index (χ4v) is 2.41. The molecule has 0 spiro atoms. The van der Waals surface area contributed by atoms with Gasteiger partial charge in [0.15, 0.2) is 5.11 Å². The van der Waals surface area contributed by atoms with Crippen molar-refractivity contribution in [2.24, 2.45) is 0 Å². The van der Waals surface area contributed by atoms with Gasteiger partial charge in [0.2, 0.25) is 0 Å². The average Bonchev–Trinajstić information content (AvgIpc) is 2.70. The van der Waals surface area contributed by atoms with E-state index in [9.17, 15) is 0 Å². The molecule has 1 fully saturated rings. The quantitative estimate of drug-likeness (QED) is 0.723. The Bertz CT molecular complexity index is 206. The van der Waals surface area contributed by atoms with Crippen LogP contribution in [0.25, 0.3) is 0 Å². The van der Waals surface area contributed by atoms with E-state index in [1.54, 1.807) is 0 Å². The van der Waals surface area contributed by atoms with E-state index in [2.05, 4.69) is 31.4 Å². The molecule has 0 atom stereocenters. The highest BCUT2D eigenvalue weighted by molar-refractivity contribution is 7.80. The molecule has 1 aliphatic rings. The van der Waals surface area contributed by atoms with E-state index in [4.69, 9.17) is 12.2 Å². The van der Waals surface area contributed by atoms with Gasteiger partial charge in [-0.2, -0.15) is 0 Å². The molecule has 0 unspecified atom stereocenters. The lowest BCUT2D eigenvalue weighted by atomic mass is 9.96. The maximum atomic E-state index is 5.35. The number of rotatable bonds is 4. The highest BCUT2D eigenvalue weighted by Crippen LogP contribution is 2.18. The molecule has 0 amide bonds. The second kappa shape index (κ2) is 5.69. The lowest BCUT2D eigenvalue weighted by molar-refractivity contribution is 0.384. The number of hydrogen-bond acceptors (Lipinski definition) is 1. The summed E-state index contributed by atoms with van der Waals surface area (Å²) in [5.74, 6) is 0. The van der Waals surface area contributed by atoms with Crippen LogP contribution in [-0.4, -0.2) is 16.7 Å². The lowest BCUT2D eigenvalue weighted by Gasteiger charge is -2.30. The summed E-state index contributed by atoms with van der Waals surface area (Å²) in [7, 11) is 0. The fourth-order valence-electron chi connectivity index (χ4n) is 1.99. The van der Waals surface area contributed by atoms with Gasteiger partial charge < -0.3 is 10.6 Å². The van der Waals surface area contributed by atoms with Crippen molar-refractivity contribution in [1.29, 1.82) is 0 Å². The highest BCUT2D eigenvalue weighted by atomic mass is 32.1. The SMILES string of the molecule is CCC(C)(CC)NC(=S)NC1CCCC1. The molecule has 1 rings (SSSR count). The largest absolute Gasteiger partial charge is 0.360 e. The van der Waals surface area contributed by atoms with Crippen LogP contribution in [0.15, 0.2) is 0 Å². The molecule has 1 saturated carbocycles. The van der Waals surface area contributed by atoms with E-state index < -0.39 is 0 Å². The van der Waals surface area contributed by atoms with Gasteiger partial charge in [-0.15, -0.1) is 0 Å². The smallest absolute Gasteiger partial charge is 0.166 e. The van der Waals surface area contributed by atoms with Crippen molar-refractivity contribution in [3.05, 3.63) is 0 Å². The molecular weight excluding hydrogens is 204 g/mol. The number of thiocarbonyl (C=S) groups is 1.